The highest BCUT2D eigenvalue weighted by Gasteiger charge is 2.34. The molecule has 32 heavy (non-hydrogen) atoms. The summed E-state index contributed by atoms with van der Waals surface area (Å²) in [5.41, 5.74) is 9.81. The van der Waals surface area contributed by atoms with E-state index in [1.165, 1.54) is 6.07 Å². The average molecular weight is 428 g/mol. The van der Waals surface area contributed by atoms with Gasteiger partial charge in [0.2, 0.25) is 12.1 Å². The molecule has 6 nitrogen and oxygen atoms in total. The normalized spacial score (nSPS) is 15.5. The van der Waals surface area contributed by atoms with Crippen molar-refractivity contribution in [2.75, 3.05) is 0 Å². The molecule has 0 radical (unpaired) electrons. The van der Waals surface area contributed by atoms with Crippen LogP contribution in [0.4, 0.5) is 4.39 Å². The largest absolute Gasteiger partial charge is 0.461 e. The molecule has 2 aromatic heterocycles. The van der Waals surface area contributed by atoms with Crippen LogP contribution in [0.5, 0.6) is 0 Å². The predicted molar refractivity (Wildman–Crippen MR) is 119 cm³/mol. The quantitative estimate of drug-likeness (QED) is 0.476. The maximum Gasteiger partial charge on any atom is 0.227 e. The first-order valence-corrected chi connectivity index (χ1v) is 10.3. The van der Waals surface area contributed by atoms with Gasteiger partial charge in [-0.1, -0.05) is 47.6 Å². The Hall–Kier alpha value is -3.97. The van der Waals surface area contributed by atoms with Gasteiger partial charge < -0.3 is 19.9 Å². The zero-order chi connectivity index (χ0) is 21.9. The summed E-state index contributed by atoms with van der Waals surface area (Å²) >= 11 is 0. The van der Waals surface area contributed by atoms with Crippen molar-refractivity contribution in [2.45, 2.75) is 19.3 Å². The lowest BCUT2D eigenvalue weighted by atomic mass is 10.0. The fourth-order valence-electron chi connectivity index (χ4n) is 3.81. The monoisotopic (exact) mass is 428 g/mol. The molecule has 0 amide bonds. The lowest BCUT2D eigenvalue weighted by molar-refractivity contribution is 0.00574. The van der Waals surface area contributed by atoms with Crippen molar-refractivity contribution >= 4 is 5.84 Å². The van der Waals surface area contributed by atoms with E-state index in [9.17, 15) is 4.39 Å². The highest BCUT2D eigenvalue weighted by atomic mass is 19.1. The Morgan fingerprint density at radius 2 is 1.81 bits per heavy atom. The number of amidine groups is 1. The number of hydrogen-bond donors (Lipinski definition) is 1. The highest BCUT2D eigenvalue weighted by molar-refractivity contribution is 5.96. The van der Waals surface area contributed by atoms with Crippen molar-refractivity contribution in [1.29, 1.82) is 0 Å². The van der Waals surface area contributed by atoms with E-state index in [-0.39, 0.29) is 5.82 Å². The molecule has 2 aromatic carbocycles. The summed E-state index contributed by atoms with van der Waals surface area (Å²) in [7, 11) is 0. The second-order valence-corrected chi connectivity index (χ2v) is 7.44. The van der Waals surface area contributed by atoms with E-state index in [1.54, 1.807) is 36.9 Å². The first kappa shape index (κ1) is 20.0. The van der Waals surface area contributed by atoms with Gasteiger partial charge in [0.15, 0.2) is 5.76 Å². The third-order valence-corrected chi connectivity index (χ3v) is 5.44. The Labute approximate surface area is 184 Å². The van der Waals surface area contributed by atoms with Crippen LogP contribution >= 0.6 is 0 Å². The van der Waals surface area contributed by atoms with Crippen molar-refractivity contribution < 1.29 is 13.6 Å². The first-order chi connectivity index (χ1) is 15.7. The van der Waals surface area contributed by atoms with Gasteiger partial charge in [-0.2, -0.15) is 0 Å². The van der Waals surface area contributed by atoms with E-state index in [1.807, 2.05) is 47.4 Å². The zero-order valence-corrected chi connectivity index (χ0v) is 17.2. The summed E-state index contributed by atoms with van der Waals surface area (Å²) in [6, 6.07) is 20.0. The number of pyridine rings is 1. The molecule has 0 spiro atoms. The number of halogens is 1. The van der Waals surface area contributed by atoms with Crippen molar-refractivity contribution in [3.63, 3.8) is 0 Å². The average Bonchev–Trinajstić information content (AvgIpc) is 3.50. The van der Waals surface area contributed by atoms with Crippen LogP contribution in [0.1, 0.15) is 28.7 Å². The molecule has 0 saturated heterocycles. The Morgan fingerprint density at radius 1 is 0.969 bits per heavy atom. The molecule has 1 atom stereocenters. The number of benzene rings is 2. The number of hydrogen-bond acceptors (Lipinski definition) is 6. The van der Waals surface area contributed by atoms with Gasteiger partial charge in [-0.15, -0.1) is 0 Å². The second kappa shape index (κ2) is 8.64. The summed E-state index contributed by atoms with van der Waals surface area (Å²) in [6.45, 7) is 0.853. The SMILES string of the molecule is NCc1ccc(C2ON=C(c3ccco3)N2Cc2cnccc2-c2ccccc2F)cc1. The predicted octanol–water partition coefficient (Wildman–Crippen LogP) is 4.83. The Kier molecular flexibility index (Phi) is 5.39. The van der Waals surface area contributed by atoms with E-state index in [0.717, 1.165) is 22.3 Å². The third-order valence-electron chi connectivity index (χ3n) is 5.44. The van der Waals surface area contributed by atoms with Crippen LogP contribution in [0.15, 0.2) is 95.0 Å². The molecule has 1 aliphatic heterocycles. The summed E-state index contributed by atoms with van der Waals surface area (Å²) in [5, 5.41) is 4.31. The minimum Gasteiger partial charge on any atom is -0.461 e. The highest BCUT2D eigenvalue weighted by Crippen LogP contribution is 2.34. The molecule has 0 saturated carbocycles. The van der Waals surface area contributed by atoms with Crippen LogP contribution in [0, 0.1) is 5.82 Å². The molecule has 4 aromatic rings. The standard InChI is InChI=1S/C25H21FN4O2/c26-22-5-2-1-4-21(22)20-11-12-28-15-19(20)16-30-24(23-6-3-13-31-23)29-32-25(30)18-9-7-17(14-27)8-10-18/h1-13,15,25H,14,16,27H2. The number of nitrogens with zero attached hydrogens (tertiary/aromatic N) is 3. The Bertz CT molecular complexity index is 1240. The minimum absolute atomic E-state index is 0.286. The van der Waals surface area contributed by atoms with Gasteiger partial charge in [-0.25, -0.2) is 4.39 Å². The molecule has 1 unspecified atom stereocenters. The van der Waals surface area contributed by atoms with Gasteiger partial charge in [0.05, 0.1) is 12.8 Å². The van der Waals surface area contributed by atoms with Gasteiger partial charge in [0.1, 0.15) is 5.82 Å². The van der Waals surface area contributed by atoms with Gasteiger partial charge in [-0.3, -0.25) is 4.98 Å². The van der Waals surface area contributed by atoms with Crippen LogP contribution < -0.4 is 5.73 Å². The van der Waals surface area contributed by atoms with Crippen LogP contribution in [0.2, 0.25) is 0 Å². The molecule has 2 N–H and O–H groups in total. The van der Waals surface area contributed by atoms with Gasteiger partial charge in [-0.05, 0) is 41.0 Å². The number of nitrogens with two attached hydrogens (primary N) is 1. The van der Waals surface area contributed by atoms with E-state index >= 15 is 0 Å². The minimum atomic E-state index is -0.476. The lowest BCUT2D eigenvalue weighted by Crippen LogP contribution is -2.31. The fourth-order valence-corrected chi connectivity index (χ4v) is 3.81. The maximum absolute atomic E-state index is 14.6. The number of rotatable bonds is 6. The molecule has 1 aliphatic rings. The molecular weight excluding hydrogens is 407 g/mol. The van der Waals surface area contributed by atoms with Crippen LogP contribution in [-0.2, 0) is 17.9 Å². The zero-order valence-electron chi connectivity index (χ0n) is 17.2. The third kappa shape index (κ3) is 3.74. The van der Waals surface area contributed by atoms with E-state index < -0.39 is 6.23 Å². The second-order valence-electron chi connectivity index (χ2n) is 7.44. The molecule has 160 valence electrons. The summed E-state index contributed by atoms with van der Waals surface area (Å²) in [5.74, 6) is 0.861. The van der Waals surface area contributed by atoms with Crippen molar-refractivity contribution in [3.8, 4) is 11.1 Å². The van der Waals surface area contributed by atoms with Gasteiger partial charge in [0, 0.05) is 30.1 Å². The topological polar surface area (TPSA) is 76.9 Å². The van der Waals surface area contributed by atoms with Crippen LogP contribution in [0.25, 0.3) is 11.1 Å². The maximum atomic E-state index is 14.6. The first-order valence-electron chi connectivity index (χ1n) is 10.3. The number of oxime groups is 1. The molecule has 0 fully saturated rings. The Balaban J connectivity index is 1.54. The number of furan rings is 1. The van der Waals surface area contributed by atoms with Crippen LogP contribution in [0.3, 0.4) is 0 Å². The van der Waals surface area contributed by atoms with Crippen LogP contribution in [-0.4, -0.2) is 15.7 Å². The number of aromatic nitrogens is 1. The summed E-state index contributed by atoms with van der Waals surface area (Å²) in [4.78, 5) is 12.1. The summed E-state index contributed by atoms with van der Waals surface area (Å²) in [6.07, 6.45) is 4.52. The Morgan fingerprint density at radius 3 is 2.56 bits per heavy atom. The van der Waals surface area contributed by atoms with E-state index in [4.69, 9.17) is 15.0 Å². The molecular formula is C25H21FN4O2. The molecule has 0 aliphatic carbocycles. The van der Waals surface area contributed by atoms with Crippen molar-refractivity contribution in [1.82, 2.24) is 9.88 Å². The molecule has 7 heteroatoms. The van der Waals surface area contributed by atoms with E-state index in [2.05, 4.69) is 10.1 Å². The van der Waals surface area contributed by atoms with Gasteiger partial charge >= 0.3 is 0 Å². The molecule has 0 bridgehead atoms. The fraction of sp³-hybridized carbons (Fsp3) is 0.120. The summed E-state index contributed by atoms with van der Waals surface area (Å²) < 4.78 is 20.2. The smallest absolute Gasteiger partial charge is 0.227 e. The van der Waals surface area contributed by atoms with Gasteiger partial charge in [0.25, 0.3) is 0 Å². The molecule has 5 rings (SSSR count). The molecule has 3 heterocycles. The van der Waals surface area contributed by atoms with E-state index in [0.29, 0.717) is 30.2 Å². The van der Waals surface area contributed by atoms with Crippen molar-refractivity contribution in [3.05, 3.63) is 114 Å². The lowest BCUT2D eigenvalue weighted by Gasteiger charge is -2.26. The van der Waals surface area contributed by atoms with Crippen molar-refractivity contribution in [2.24, 2.45) is 10.9 Å².